The molecule has 2 amide bonds. The van der Waals surface area contributed by atoms with Crippen LogP contribution in [0.2, 0.25) is 0 Å². The number of hydrogen-bond donors (Lipinski definition) is 1. The van der Waals surface area contributed by atoms with E-state index in [4.69, 9.17) is 0 Å². The van der Waals surface area contributed by atoms with Crippen LogP contribution in [0.15, 0.2) is 85.2 Å². The van der Waals surface area contributed by atoms with Gasteiger partial charge in [-0.15, -0.1) is 0 Å². The molecule has 1 fully saturated rings. The molecule has 1 aromatic heterocycles. The number of fused-ring (bicyclic) bond motifs is 2. The van der Waals surface area contributed by atoms with Crippen molar-refractivity contribution in [2.45, 2.75) is 43.9 Å². The van der Waals surface area contributed by atoms with Crippen LogP contribution in [-0.2, 0) is 15.0 Å². The summed E-state index contributed by atoms with van der Waals surface area (Å²) in [4.78, 5) is 33.9. The van der Waals surface area contributed by atoms with Crippen LogP contribution in [0.3, 0.4) is 0 Å². The number of anilines is 2. The van der Waals surface area contributed by atoms with Crippen molar-refractivity contribution in [1.82, 2.24) is 9.88 Å². The second kappa shape index (κ2) is 12.2. The Hall–Kier alpha value is -3.77. The summed E-state index contributed by atoms with van der Waals surface area (Å²) >= 11 is 0. The molecule has 0 radical (unpaired) electrons. The fourth-order valence-corrected chi connectivity index (χ4v) is 5.70. The molecule has 196 valence electrons. The molecule has 1 spiro atoms. The first-order valence-corrected chi connectivity index (χ1v) is 13.7. The highest BCUT2D eigenvalue weighted by atomic mass is 16.2. The molecule has 6 nitrogen and oxygen atoms in total. The molecule has 3 aromatic rings. The van der Waals surface area contributed by atoms with E-state index in [1.807, 2.05) is 35.2 Å². The number of nitrogens with zero attached hydrogens (tertiary/aromatic N) is 3. The molecule has 0 unspecified atom stereocenters. The highest BCUT2D eigenvalue weighted by molar-refractivity contribution is 5.94. The van der Waals surface area contributed by atoms with Crippen molar-refractivity contribution in [3.63, 3.8) is 0 Å². The van der Waals surface area contributed by atoms with Crippen LogP contribution in [0.5, 0.6) is 0 Å². The van der Waals surface area contributed by atoms with Gasteiger partial charge in [0.2, 0.25) is 11.8 Å². The molecule has 2 aromatic carbocycles. The molecule has 1 aliphatic carbocycles. The first-order chi connectivity index (χ1) is 18.6. The Bertz CT molecular complexity index is 1250. The maximum atomic E-state index is 13.2. The fourth-order valence-electron chi connectivity index (χ4n) is 5.70. The predicted molar refractivity (Wildman–Crippen MR) is 153 cm³/mol. The average molecular weight is 509 g/mol. The van der Waals surface area contributed by atoms with Crippen LogP contribution < -0.4 is 10.2 Å². The van der Waals surface area contributed by atoms with E-state index in [-0.39, 0.29) is 17.2 Å². The average Bonchev–Trinajstić information content (AvgIpc) is 3.31. The van der Waals surface area contributed by atoms with Crippen LogP contribution >= 0.6 is 0 Å². The first-order valence-electron chi connectivity index (χ1n) is 13.7. The van der Waals surface area contributed by atoms with Gasteiger partial charge in [-0.2, -0.15) is 0 Å². The molecule has 1 saturated heterocycles. The van der Waals surface area contributed by atoms with E-state index in [2.05, 4.69) is 51.6 Å². The Labute approximate surface area is 225 Å². The molecule has 6 heteroatoms. The zero-order valence-electron chi connectivity index (χ0n) is 21.9. The number of nitrogens with one attached hydrogen (secondary N) is 1. The van der Waals surface area contributed by atoms with E-state index < -0.39 is 0 Å². The van der Waals surface area contributed by atoms with Crippen molar-refractivity contribution in [1.29, 1.82) is 0 Å². The second-order valence-electron chi connectivity index (χ2n) is 10.3. The number of amides is 2. The minimum Gasteiger partial charge on any atom is -0.325 e. The molecular weight excluding hydrogens is 472 g/mol. The Morgan fingerprint density at radius 2 is 1.71 bits per heavy atom. The van der Waals surface area contributed by atoms with Crippen LogP contribution in [-0.4, -0.2) is 47.9 Å². The van der Waals surface area contributed by atoms with Crippen LogP contribution in [0.4, 0.5) is 11.4 Å². The van der Waals surface area contributed by atoms with Crippen LogP contribution in [0.25, 0.3) is 6.08 Å². The summed E-state index contributed by atoms with van der Waals surface area (Å²) < 4.78 is 0. The normalized spacial score (nSPS) is 15.8. The lowest BCUT2D eigenvalue weighted by atomic mass is 9.74. The molecule has 1 N–H and O–H groups in total. The predicted octanol–water partition coefficient (Wildman–Crippen LogP) is 5.67. The van der Waals surface area contributed by atoms with Gasteiger partial charge in [0.25, 0.3) is 0 Å². The van der Waals surface area contributed by atoms with Gasteiger partial charge in [-0.25, -0.2) is 0 Å². The molecule has 38 heavy (non-hydrogen) atoms. The van der Waals surface area contributed by atoms with E-state index in [1.54, 1.807) is 24.5 Å². The zero-order chi connectivity index (χ0) is 26.2. The van der Waals surface area contributed by atoms with Gasteiger partial charge in [0.1, 0.15) is 0 Å². The first kappa shape index (κ1) is 25.9. The molecule has 2 aliphatic rings. The lowest BCUT2D eigenvalue weighted by Crippen LogP contribution is -2.42. The van der Waals surface area contributed by atoms with Crippen molar-refractivity contribution in [2.24, 2.45) is 0 Å². The summed E-state index contributed by atoms with van der Waals surface area (Å²) in [7, 11) is 0. The minimum absolute atomic E-state index is 0.0654. The highest BCUT2D eigenvalue weighted by Gasteiger charge is 2.37. The number of pyridine rings is 1. The monoisotopic (exact) mass is 508 g/mol. The van der Waals surface area contributed by atoms with Crippen molar-refractivity contribution in [2.75, 3.05) is 36.4 Å². The van der Waals surface area contributed by atoms with E-state index >= 15 is 0 Å². The van der Waals surface area contributed by atoms with Gasteiger partial charge < -0.3 is 15.1 Å². The number of carbonyl (C=O) groups is 2. The second-order valence-corrected chi connectivity index (χ2v) is 10.3. The van der Waals surface area contributed by atoms with Gasteiger partial charge >= 0.3 is 0 Å². The maximum Gasteiger partial charge on any atom is 0.226 e. The number of benzene rings is 2. The summed E-state index contributed by atoms with van der Waals surface area (Å²) in [6.45, 7) is 3.80. The third kappa shape index (κ3) is 6.20. The smallest absolute Gasteiger partial charge is 0.226 e. The van der Waals surface area contributed by atoms with E-state index in [1.165, 1.54) is 11.1 Å². The summed E-state index contributed by atoms with van der Waals surface area (Å²) in [6, 6.07) is 22.2. The van der Waals surface area contributed by atoms with E-state index in [0.29, 0.717) is 31.5 Å². The number of hydrogen-bond acceptors (Lipinski definition) is 4. The highest BCUT2D eigenvalue weighted by Crippen LogP contribution is 2.43. The summed E-state index contributed by atoms with van der Waals surface area (Å²) in [5.41, 5.74) is 4.64. The number of allylic oxidation sites excluding steroid dienone is 1. The van der Waals surface area contributed by atoms with Gasteiger partial charge in [0.15, 0.2) is 0 Å². The standard InChI is InChI=1S/C32H36N4O2/c37-30(34-27-10-7-20-33-25-27)14-6-15-31(38)36(28-11-2-1-3-12-28)22-8-21-35-23-18-32(19-24-35)17-16-26-9-4-5-13-29(26)32/h1-5,7,9-13,16-17,20,25H,6,8,14-15,18-19,21-24H2,(H,34,37). The number of rotatable bonds is 10. The van der Waals surface area contributed by atoms with Crippen molar-refractivity contribution in [3.8, 4) is 0 Å². The quantitative estimate of drug-likeness (QED) is 0.383. The minimum atomic E-state index is -0.0975. The van der Waals surface area contributed by atoms with Gasteiger partial charge in [0.05, 0.1) is 11.9 Å². The lowest BCUT2D eigenvalue weighted by molar-refractivity contribution is -0.119. The van der Waals surface area contributed by atoms with Gasteiger partial charge in [-0.05, 0) is 80.7 Å². The van der Waals surface area contributed by atoms with Crippen molar-refractivity contribution in [3.05, 3.63) is 96.3 Å². The number of likely N-dealkylation sites (tertiary alicyclic amines) is 1. The number of aromatic nitrogens is 1. The van der Waals surface area contributed by atoms with E-state index in [0.717, 1.165) is 44.6 Å². The summed E-state index contributed by atoms with van der Waals surface area (Å²) in [5.74, 6) is -0.0321. The number of piperidine rings is 1. The Morgan fingerprint density at radius 1 is 0.921 bits per heavy atom. The third-order valence-electron chi connectivity index (χ3n) is 7.79. The molecule has 0 atom stereocenters. The largest absolute Gasteiger partial charge is 0.325 e. The van der Waals surface area contributed by atoms with Crippen molar-refractivity contribution < 1.29 is 9.59 Å². The van der Waals surface area contributed by atoms with Crippen LogP contribution in [0.1, 0.15) is 49.7 Å². The number of para-hydroxylation sites is 1. The van der Waals surface area contributed by atoms with E-state index in [9.17, 15) is 9.59 Å². The zero-order valence-corrected chi connectivity index (χ0v) is 21.9. The van der Waals surface area contributed by atoms with Gasteiger partial charge in [-0.1, -0.05) is 54.6 Å². The number of carbonyl (C=O) groups excluding carboxylic acids is 2. The topological polar surface area (TPSA) is 65.5 Å². The Balaban J connectivity index is 1.10. The van der Waals surface area contributed by atoms with Gasteiger partial charge in [0, 0.05) is 36.7 Å². The summed E-state index contributed by atoms with van der Waals surface area (Å²) in [5, 5.41) is 2.83. The van der Waals surface area contributed by atoms with Crippen LogP contribution in [0, 0.1) is 0 Å². The third-order valence-corrected chi connectivity index (χ3v) is 7.79. The van der Waals surface area contributed by atoms with Gasteiger partial charge in [-0.3, -0.25) is 14.6 Å². The molecule has 2 heterocycles. The maximum absolute atomic E-state index is 13.2. The molecule has 5 rings (SSSR count). The fraction of sp³-hybridized carbons (Fsp3) is 0.344. The Morgan fingerprint density at radius 3 is 2.50 bits per heavy atom. The Kier molecular flexibility index (Phi) is 8.29. The SMILES string of the molecule is O=C(CCCC(=O)N(CCCN1CCC2(C=Cc3ccccc32)CC1)c1ccccc1)Nc1cccnc1. The summed E-state index contributed by atoms with van der Waals surface area (Å²) in [6.07, 6.45) is 12.3. The molecule has 1 aliphatic heterocycles. The molecule has 0 bridgehead atoms. The molecule has 0 saturated carbocycles. The van der Waals surface area contributed by atoms with Crippen molar-refractivity contribution >= 4 is 29.3 Å². The molecular formula is C32H36N4O2. The lowest BCUT2D eigenvalue weighted by Gasteiger charge is -2.39.